The third-order valence-corrected chi connectivity index (χ3v) is 4.79. The average molecular weight is 250 g/mol. The lowest BCUT2D eigenvalue weighted by Gasteiger charge is -2.39. The Kier molecular flexibility index (Phi) is 3.74. The number of allylic oxidation sites excluding steroid dienone is 4. The van der Waals surface area contributed by atoms with Crippen molar-refractivity contribution >= 4 is 5.78 Å². The quantitative estimate of drug-likeness (QED) is 0.669. The second-order valence-corrected chi connectivity index (χ2v) is 6.11. The molecule has 0 radical (unpaired) electrons. The van der Waals surface area contributed by atoms with Gasteiger partial charge in [-0.25, -0.2) is 4.39 Å². The van der Waals surface area contributed by atoms with Gasteiger partial charge < -0.3 is 0 Å². The summed E-state index contributed by atoms with van der Waals surface area (Å²) < 4.78 is 12.8. The van der Waals surface area contributed by atoms with E-state index in [1.165, 1.54) is 12.5 Å². The van der Waals surface area contributed by atoms with Crippen LogP contribution in [0.15, 0.2) is 23.6 Å². The Morgan fingerprint density at radius 2 is 2.39 bits per heavy atom. The summed E-state index contributed by atoms with van der Waals surface area (Å²) in [4.78, 5) is 12.0. The summed E-state index contributed by atoms with van der Waals surface area (Å²) in [6.45, 7) is 5.87. The van der Waals surface area contributed by atoms with Gasteiger partial charge in [-0.05, 0) is 43.9 Å². The first kappa shape index (κ1) is 13.5. The van der Waals surface area contributed by atoms with Gasteiger partial charge in [0.25, 0.3) is 0 Å². The summed E-state index contributed by atoms with van der Waals surface area (Å²) in [5, 5.41) is 0. The highest BCUT2D eigenvalue weighted by Crippen LogP contribution is 2.53. The SMILES string of the molecule is C/C(F)=C/C[C@@H](C)C1=CC[C@H]2C(=O)CCC[C@]12C. The van der Waals surface area contributed by atoms with Crippen LogP contribution in [0.5, 0.6) is 0 Å². The van der Waals surface area contributed by atoms with Gasteiger partial charge in [0.15, 0.2) is 0 Å². The Hall–Kier alpha value is -0.920. The van der Waals surface area contributed by atoms with Crippen LogP contribution in [-0.2, 0) is 4.79 Å². The minimum absolute atomic E-state index is 0.0484. The maximum atomic E-state index is 12.8. The molecule has 1 nitrogen and oxygen atoms in total. The van der Waals surface area contributed by atoms with Crippen LogP contribution in [0.25, 0.3) is 0 Å². The van der Waals surface area contributed by atoms with Crippen molar-refractivity contribution in [2.75, 3.05) is 0 Å². The first-order valence-corrected chi connectivity index (χ1v) is 7.00. The normalized spacial score (nSPS) is 34.2. The molecule has 1 fully saturated rings. The van der Waals surface area contributed by atoms with E-state index < -0.39 is 0 Å². The Labute approximate surface area is 109 Å². The van der Waals surface area contributed by atoms with E-state index in [0.717, 1.165) is 32.1 Å². The number of carbonyl (C=O) groups is 1. The van der Waals surface area contributed by atoms with Crippen LogP contribution >= 0.6 is 0 Å². The molecule has 0 spiro atoms. The molecule has 0 amide bonds. The predicted octanol–water partition coefficient (Wildman–Crippen LogP) is 4.59. The van der Waals surface area contributed by atoms with Gasteiger partial charge in [-0.15, -0.1) is 0 Å². The maximum absolute atomic E-state index is 12.8. The van der Waals surface area contributed by atoms with Gasteiger partial charge in [-0.3, -0.25) is 4.79 Å². The predicted molar refractivity (Wildman–Crippen MR) is 71.8 cm³/mol. The van der Waals surface area contributed by atoms with Gasteiger partial charge in [-0.2, -0.15) is 0 Å². The van der Waals surface area contributed by atoms with Crippen LogP contribution in [0.2, 0.25) is 0 Å². The third-order valence-electron chi connectivity index (χ3n) is 4.79. The van der Waals surface area contributed by atoms with Gasteiger partial charge in [0, 0.05) is 12.3 Å². The minimum Gasteiger partial charge on any atom is -0.299 e. The summed E-state index contributed by atoms with van der Waals surface area (Å²) in [6.07, 6.45) is 8.41. The van der Waals surface area contributed by atoms with Gasteiger partial charge in [0.1, 0.15) is 5.78 Å². The van der Waals surface area contributed by atoms with E-state index in [1.807, 2.05) is 0 Å². The first-order valence-electron chi connectivity index (χ1n) is 7.00. The molecule has 0 aliphatic heterocycles. The molecule has 0 heterocycles. The number of hydrogen-bond donors (Lipinski definition) is 0. The highest BCUT2D eigenvalue weighted by molar-refractivity contribution is 5.84. The van der Waals surface area contributed by atoms with Crippen molar-refractivity contribution < 1.29 is 9.18 Å². The van der Waals surface area contributed by atoms with Gasteiger partial charge in [-0.1, -0.05) is 31.6 Å². The smallest absolute Gasteiger partial charge is 0.137 e. The van der Waals surface area contributed by atoms with Crippen LogP contribution in [0.3, 0.4) is 0 Å². The molecular formula is C16H23FO. The number of carbonyl (C=O) groups excluding carboxylic acids is 1. The summed E-state index contributed by atoms with van der Waals surface area (Å²) in [6, 6.07) is 0. The fraction of sp³-hybridized carbons (Fsp3) is 0.688. The lowest BCUT2D eigenvalue weighted by atomic mass is 9.63. The number of hydrogen-bond acceptors (Lipinski definition) is 1. The highest BCUT2D eigenvalue weighted by Gasteiger charge is 2.47. The van der Waals surface area contributed by atoms with E-state index in [4.69, 9.17) is 0 Å². The lowest BCUT2D eigenvalue weighted by Crippen LogP contribution is -2.36. The van der Waals surface area contributed by atoms with Crippen molar-refractivity contribution in [3.8, 4) is 0 Å². The molecule has 2 aliphatic rings. The number of halogens is 1. The zero-order valence-corrected chi connectivity index (χ0v) is 11.6. The summed E-state index contributed by atoms with van der Waals surface area (Å²) >= 11 is 0. The van der Waals surface area contributed by atoms with Crippen LogP contribution in [0, 0.1) is 17.3 Å². The van der Waals surface area contributed by atoms with Crippen molar-refractivity contribution in [3.05, 3.63) is 23.6 Å². The standard InChI is InChI=1S/C16H23FO/c1-11(6-7-12(2)17)13-8-9-14-15(18)5-4-10-16(13,14)3/h7-8,11,14H,4-6,9-10H2,1-3H3/b12-7-/t11-,14+,16-/m1/s1. The molecule has 0 unspecified atom stereocenters. The Morgan fingerprint density at radius 1 is 1.67 bits per heavy atom. The third kappa shape index (κ3) is 2.30. The molecule has 18 heavy (non-hydrogen) atoms. The van der Waals surface area contributed by atoms with Crippen molar-refractivity contribution in [1.29, 1.82) is 0 Å². The van der Waals surface area contributed by atoms with Crippen LogP contribution < -0.4 is 0 Å². The topological polar surface area (TPSA) is 17.1 Å². The zero-order valence-electron chi connectivity index (χ0n) is 11.6. The Bertz CT molecular complexity index is 403. The monoisotopic (exact) mass is 250 g/mol. The summed E-state index contributed by atoms with van der Waals surface area (Å²) in [7, 11) is 0. The van der Waals surface area contributed by atoms with E-state index in [0.29, 0.717) is 11.7 Å². The fourth-order valence-corrected chi connectivity index (χ4v) is 3.78. The van der Waals surface area contributed by atoms with Crippen molar-refractivity contribution in [2.45, 2.75) is 52.9 Å². The average Bonchev–Trinajstić information content (AvgIpc) is 2.64. The van der Waals surface area contributed by atoms with E-state index >= 15 is 0 Å². The number of rotatable bonds is 3. The summed E-state index contributed by atoms with van der Waals surface area (Å²) in [5.74, 6) is 0.858. The Morgan fingerprint density at radius 3 is 3.06 bits per heavy atom. The highest BCUT2D eigenvalue weighted by atomic mass is 19.1. The molecule has 100 valence electrons. The van der Waals surface area contributed by atoms with Crippen LogP contribution in [0.1, 0.15) is 52.9 Å². The van der Waals surface area contributed by atoms with Crippen molar-refractivity contribution in [3.63, 3.8) is 0 Å². The molecule has 0 saturated heterocycles. The molecule has 2 heteroatoms. The van der Waals surface area contributed by atoms with Crippen molar-refractivity contribution in [2.24, 2.45) is 17.3 Å². The molecular weight excluding hydrogens is 227 g/mol. The zero-order chi connectivity index (χ0) is 13.3. The van der Waals surface area contributed by atoms with E-state index in [1.54, 1.807) is 6.08 Å². The van der Waals surface area contributed by atoms with E-state index in [9.17, 15) is 9.18 Å². The number of fused-ring (bicyclic) bond motifs is 1. The molecule has 0 aromatic rings. The molecule has 0 aromatic heterocycles. The number of ketones is 1. The molecule has 2 rings (SSSR count). The largest absolute Gasteiger partial charge is 0.299 e. The van der Waals surface area contributed by atoms with Crippen LogP contribution in [0.4, 0.5) is 4.39 Å². The molecule has 0 N–H and O–H groups in total. The maximum Gasteiger partial charge on any atom is 0.137 e. The second kappa shape index (κ2) is 4.99. The molecule has 3 atom stereocenters. The van der Waals surface area contributed by atoms with Gasteiger partial charge in [0.05, 0.1) is 5.83 Å². The van der Waals surface area contributed by atoms with E-state index in [-0.39, 0.29) is 17.2 Å². The molecule has 0 bridgehead atoms. The lowest BCUT2D eigenvalue weighted by molar-refractivity contribution is -0.128. The number of Topliss-reactive ketones (excluding diaryl/α,β-unsaturated/α-hetero) is 1. The minimum atomic E-state index is -0.109. The fourth-order valence-electron chi connectivity index (χ4n) is 3.78. The van der Waals surface area contributed by atoms with E-state index in [2.05, 4.69) is 19.9 Å². The van der Waals surface area contributed by atoms with Gasteiger partial charge in [0.2, 0.25) is 0 Å². The molecule has 1 saturated carbocycles. The van der Waals surface area contributed by atoms with Gasteiger partial charge >= 0.3 is 0 Å². The second-order valence-electron chi connectivity index (χ2n) is 6.11. The van der Waals surface area contributed by atoms with Crippen LogP contribution in [-0.4, -0.2) is 5.78 Å². The van der Waals surface area contributed by atoms with Crippen molar-refractivity contribution in [1.82, 2.24) is 0 Å². The Balaban J connectivity index is 2.15. The summed E-state index contributed by atoms with van der Waals surface area (Å²) in [5.41, 5.74) is 1.44. The first-order chi connectivity index (χ1) is 8.45. The molecule has 2 aliphatic carbocycles. The molecule has 0 aromatic carbocycles.